The maximum atomic E-state index is 6.26. The predicted molar refractivity (Wildman–Crippen MR) is 77.3 cm³/mol. The van der Waals surface area contributed by atoms with Crippen molar-refractivity contribution in [1.82, 2.24) is 4.98 Å². The van der Waals surface area contributed by atoms with E-state index < -0.39 is 0 Å². The first-order valence-electron chi connectivity index (χ1n) is 6.42. The average molecular weight is 256 g/mol. The molecule has 2 N–H and O–H groups in total. The molecule has 19 heavy (non-hydrogen) atoms. The number of ether oxygens (including phenoxy) is 1. The Morgan fingerprint density at radius 3 is 2.53 bits per heavy atom. The number of nitrogens with two attached hydrogens (primary N) is 1. The molecule has 0 aliphatic rings. The molecule has 1 aromatic heterocycles. The van der Waals surface area contributed by atoms with E-state index in [0.717, 1.165) is 12.0 Å². The second kappa shape index (κ2) is 5.85. The van der Waals surface area contributed by atoms with Gasteiger partial charge in [-0.25, -0.2) is 4.98 Å². The van der Waals surface area contributed by atoms with Gasteiger partial charge < -0.3 is 10.5 Å². The van der Waals surface area contributed by atoms with Gasteiger partial charge in [-0.05, 0) is 42.5 Å². The summed E-state index contributed by atoms with van der Waals surface area (Å²) in [6.45, 7) is 4.22. The Kier molecular flexibility index (Phi) is 4.17. The van der Waals surface area contributed by atoms with Crippen LogP contribution in [0.3, 0.4) is 0 Å². The number of rotatable bonds is 4. The van der Waals surface area contributed by atoms with Gasteiger partial charge in [-0.1, -0.05) is 24.3 Å². The Balaban J connectivity index is 2.10. The van der Waals surface area contributed by atoms with Gasteiger partial charge in [0.1, 0.15) is 0 Å². The first-order valence-corrected chi connectivity index (χ1v) is 6.42. The van der Waals surface area contributed by atoms with Crippen molar-refractivity contribution < 1.29 is 4.74 Å². The van der Waals surface area contributed by atoms with Crippen molar-refractivity contribution in [2.24, 2.45) is 5.73 Å². The van der Waals surface area contributed by atoms with E-state index in [4.69, 9.17) is 10.5 Å². The van der Waals surface area contributed by atoms with Crippen molar-refractivity contribution >= 4 is 0 Å². The molecule has 1 heterocycles. The van der Waals surface area contributed by atoms with Crippen molar-refractivity contribution in [2.75, 3.05) is 7.11 Å². The fraction of sp³-hybridized carbons (Fsp3) is 0.312. The van der Waals surface area contributed by atoms with Crippen LogP contribution in [-0.4, -0.2) is 12.1 Å². The lowest BCUT2D eigenvalue weighted by Gasteiger charge is -2.14. The van der Waals surface area contributed by atoms with E-state index >= 15 is 0 Å². The number of nitrogens with zero attached hydrogens (tertiary/aromatic N) is 1. The normalized spacial score (nSPS) is 12.2. The van der Waals surface area contributed by atoms with Crippen molar-refractivity contribution in [3.8, 4) is 5.88 Å². The van der Waals surface area contributed by atoms with Gasteiger partial charge >= 0.3 is 0 Å². The van der Waals surface area contributed by atoms with E-state index in [2.05, 4.69) is 37.0 Å². The van der Waals surface area contributed by atoms with Gasteiger partial charge in [0.25, 0.3) is 0 Å². The Bertz CT molecular complexity index is 549. The third-order valence-electron chi connectivity index (χ3n) is 3.42. The molecule has 0 saturated carbocycles. The zero-order valence-corrected chi connectivity index (χ0v) is 11.7. The first kappa shape index (κ1) is 13.6. The van der Waals surface area contributed by atoms with Crippen LogP contribution in [0.2, 0.25) is 0 Å². The molecule has 0 fully saturated rings. The molecule has 3 heteroatoms. The molecule has 0 aliphatic carbocycles. The van der Waals surface area contributed by atoms with Crippen LogP contribution in [0.1, 0.15) is 28.3 Å². The zero-order chi connectivity index (χ0) is 13.8. The number of hydrogen-bond donors (Lipinski definition) is 1. The number of aryl methyl sites for hydroxylation is 2. The number of benzene rings is 1. The van der Waals surface area contributed by atoms with Crippen LogP contribution in [0.15, 0.2) is 36.5 Å². The molecule has 1 atom stereocenters. The molecule has 0 aliphatic heterocycles. The first-order chi connectivity index (χ1) is 9.10. The molecule has 1 unspecified atom stereocenters. The summed E-state index contributed by atoms with van der Waals surface area (Å²) < 4.78 is 5.05. The van der Waals surface area contributed by atoms with Gasteiger partial charge in [-0.3, -0.25) is 0 Å². The fourth-order valence-corrected chi connectivity index (χ4v) is 2.02. The van der Waals surface area contributed by atoms with E-state index in [0.29, 0.717) is 5.88 Å². The number of methoxy groups -OCH3 is 1. The molecule has 0 bridgehead atoms. The van der Waals surface area contributed by atoms with Crippen LogP contribution in [0.25, 0.3) is 0 Å². The molecular weight excluding hydrogens is 236 g/mol. The maximum absolute atomic E-state index is 6.26. The van der Waals surface area contributed by atoms with E-state index in [1.165, 1.54) is 16.7 Å². The number of hydrogen-bond acceptors (Lipinski definition) is 3. The van der Waals surface area contributed by atoms with Gasteiger partial charge in [0, 0.05) is 18.3 Å². The van der Waals surface area contributed by atoms with E-state index in [1.54, 1.807) is 7.11 Å². The quantitative estimate of drug-likeness (QED) is 0.915. The average Bonchev–Trinajstić information content (AvgIpc) is 2.42. The lowest BCUT2D eigenvalue weighted by Crippen LogP contribution is -2.13. The molecular formula is C16H20N2O. The molecule has 100 valence electrons. The van der Waals surface area contributed by atoms with Gasteiger partial charge in [-0.15, -0.1) is 0 Å². The molecule has 2 rings (SSSR count). The van der Waals surface area contributed by atoms with Crippen LogP contribution >= 0.6 is 0 Å². The van der Waals surface area contributed by atoms with E-state index in [9.17, 15) is 0 Å². The van der Waals surface area contributed by atoms with Crippen LogP contribution in [0, 0.1) is 13.8 Å². The molecule has 2 aromatic rings. The van der Waals surface area contributed by atoms with Crippen molar-refractivity contribution in [2.45, 2.75) is 26.3 Å². The van der Waals surface area contributed by atoms with Crippen LogP contribution in [0.4, 0.5) is 0 Å². The summed E-state index contributed by atoms with van der Waals surface area (Å²) >= 11 is 0. The summed E-state index contributed by atoms with van der Waals surface area (Å²) in [6, 6.07) is 10.3. The summed E-state index contributed by atoms with van der Waals surface area (Å²) in [5.74, 6) is 0.628. The van der Waals surface area contributed by atoms with Crippen molar-refractivity contribution in [3.05, 3.63) is 58.8 Å². The molecule has 0 spiro atoms. The summed E-state index contributed by atoms with van der Waals surface area (Å²) in [7, 11) is 1.61. The lowest BCUT2D eigenvalue weighted by molar-refractivity contribution is 0.397. The maximum Gasteiger partial charge on any atom is 0.212 e. The highest BCUT2D eigenvalue weighted by Crippen LogP contribution is 2.19. The van der Waals surface area contributed by atoms with Crippen molar-refractivity contribution in [3.63, 3.8) is 0 Å². The van der Waals surface area contributed by atoms with Gasteiger partial charge in [0.2, 0.25) is 5.88 Å². The largest absolute Gasteiger partial charge is 0.481 e. The minimum atomic E-state index is -0.00510. The van der Waals surface area contributed by atoms with Gasteiger partial charge in [0.05, 0.1) is 7.11 Å². The summed E-state index contributed by atoms with van der Waals surface area (Å²) in [5, 5.41) is 0. The topological polar surface area (TPSA) is 48.1 Å². The third-order valence-corrected chi connectivity index (χ3v) is 3.42. The van der Waals surface area contributed by atoms with Crippen LogP contribution in [0.5, 0.6) is 5.88 Å². The highest BCUT2D eigenvalue weighted by Gasteiger charge is 2.08. The van der Waals surface area contributed by atoms with Crippen LogP contribution in [-0.2, 0) is 6.42 Å². The van der Waals surface area contributed by atoms with Crippen LogP contribution < -0.4 is 10.5 Å². The number of aromatic nitrogens is 1. The Labute approximate surface area is 114 Å². The monoisotopic (exact) mass is 256 g/mol. The Morgan fingerprint density at radius 1 is 1.16 bits per heavy atom. The smallest absolute Gasteiger partial charge is 0.212 e. The van der Waals surface area contributed by atoms with Crippen molar-refractivity contribution in [1.29, 1.82) is 0 Å². The number of pyridine rings is 1. The Hall–Kier alpha value is -1.87. The highest BCUT2D eigenvalue weighted by molar-refractivity contribution is 5.32. The highest BCUT2D eigenvalue weighted by atomic mass is 16.5. The SMILES string of the molecule is COc1ccc(CC(N)c2ccc(C)c(C)c2)cn1. The standard InChI is InChI=1S/C16H20N2O/c1-11-4-6-14(8-12(11)2)15(17)9-13-5-7-16(19-3)18-10-13/h4-8,10,15H,9,17H2,1-3H3. The zero-order valence-electron chi connectivity index (χ0n) is 11.7. The molecule has 0 saturated heterocycles. The predicted octanol–water partition coefficient (Wildman–Crippen LogP) is 2.95. The molecule has 0 amide bonds. The van der Waals surface area contributed by atoms with Gasteiger partial charge in [-0.2, -0.15) is 0 Å². The molecule has 3 nitrogen and oxygen atoms in total. The Morgan fingerprint density at radius 2 is 1.95 bits per heavy atom. The fourth-order valence-electron chi connectivity index (χ4n) is 2.02. The second-order valence-electron chi connectivity index (χ2n) is 4.86. The molecule has 0 radical (unpaired) electrons. The molecule has 1 aromatic carbocycles. The van der Waals surface area contributed by atoms with Gasteiger partial charge in [0.15, 0.2) is 0 Å². The second-order valence-corrected chi connectivity index (χ2v) is 4.86. The summed E-state index contributed by atoms with van der Waals surface area (Å²) in [5.41, 5.74) is 11.1. The minimum absolute atomic E-state index is 0.00510. The van der Waals surface area contributed by atoms with E-state index in [1.807, 2.05) is 18.3 Å². The summed E-state index contributed by atoms with van der Waals surface area (Å²) in [6.07, 6.45) is 2.60. The lowest BCUT2D eigenvalue weighted by atomic mass is 9.97. The third kappa shape index (κ3) is 3.32. The van der Waals surface area contributed by atoms with E-state index in [-0.39, 0.29) is 6.04 Å². The summed E-state index contributed by atoms with van der Waals surface area (Å²) in [4.78, 5) is 4.20. The minimum Gasteiger partial charge on any atom is -0.481 e.